The molecule has 5 rings (SSSR count). The van der Waals surface area contributed by atoms with E-state index >= 15 is 0 Å². The van der Waals surface area contributed by atoms with Crippen molar-refractivity contribution >= 4 is 69.8 Å². The van der Waals surface area contributed by atoms with Crippen molar-refractivity contribution in [1.82, 2.24) is 25.8 Å². The Labute approximate surface area is 255 Å². The van der Waals surface area contributed by atoms with Gasteiger partial charge in [0.2, 0.25) is 5.91 Å². The van der Waals surface area contributed by atoms with Crippen LogP contribution in [0.5, 0.6) is 5.75 Å². The summed E-state index contributed by atoms with van der Waals surface area (Å²) < 4.78 is 5.73. The maximum Gasteiger partial charge on any atom is 0.272 e. The first-order valence-corrected chi connectivity index (χ1v) is 14.0. The molecule has 0 aliphatic heterocycles. The fourth-order valence-electron chi connectivity index (χ4n) is 4.08. The zero-order chi connectivity index (χ0) is 30.6. The maximum atomic E-state index is 12.9. The second-order valence-corrected chi connectivity index (χ2v) is 10.9. The minimum atomic E-state index is -2.01. The first-order chi connectivity index (χ1) is 20.6. The predicted octanol–water partition coefficient (Wildman–Crippen LogP) is 2.48. The van der Waals surface area contributed by atoms with Gasteiger partial charge in [-0.3, -0.25) is 14.4 Å². The molecular weight excluding hydrogens is 563 g/mol. The van der Waals surface area contributed by atoms with E-state index in [4.69, 9.17) is 28.3 Å². The fourth-order valence-corrected chi connectivity index (χ4v) is 4.94. The van der Waals surface area contributed by atoms with Gasteiger partial charge in [-0.2, -0.15) is 0 Å². The van der Waals surface area contributed by atoms with Gasteiger partial charge in [-0.1, -0.05) is 41.6 Å². The molecule has 3 amide bonds. The van der Waals surface area contributed by atoms with Crippen LogP contribution in [0.3, 0.4) is 0 Å². The lowest BCUT2D eigenvalue weighted by Gasteiger charge is -2.23. The Hall–Kier alpha value is -4.65. The number of carbonyl (C=O) groups is 3. The summed E-state index contributed by atoms with van der Waals surface area (Å²) in [6.07, 6.45) is 3.10. The van der Waals surface area contributed by atoms with Crippen LogP contribution < -0.4 is 26.0 Å². The molecular formula is C28H24B3N7O4S. The van der Waals surface area contributed by atoms with Crippen molar-refractivity contribution in [3.05, 3.63) is 76.9 Å². The average Bonchev–Trinajstić information content (AvgIpc) is 3.72. The van der Waals surface area contributed by atoms with Crippen LogP contribution in [-0.4, -0.2) is 68.8 Å². The molecule has 2 heterocycles. The highest BCUT2D eigenvalue weighted by atomic mass is 32.1. The molecule has 43 heavy (non-hydrogen) atoms. The fraction of sp³-hybridized carbons (Fsp3) is 0.214. The Morgan fingerprint density at radius 1 is 1.00 bits per heavy atom. The number of anilines is 3. The van der Waals surface area contributed by atoms with Gasteiger partial charge in [-0.25, -0.2) is 4.98 Å². The summed E-state index contributed by atoms with van der Waals surface area (Å²) in [5, 5.41) is 17.4. The molecule has 11 nitrogen and oxygen atoms in total. The van der Waals surface area contributed by atoms with Crippen molar-refractivity contribution in [2.45, 2.75) is 24.6 Å². The van der Waals surface area contributed by atoms with E-state index in [2.05, 4.69) is 36.4 Å². The minimum absolute atomic E-state index is 0.0751. The summed E-state index contributed by atoms with van der Waals surface area (Å²) in [6, 6.07) is 16.3. The molecule has 2 aromatic carbocycles. The van der Waals surface area contributed by atoms with E-state index in [-0.39, 0.29) is 34.9 Å². The van der Waals surface area contributed by atoms with E-state index in [0.29, 0.717) is 33.4 Å². The number of nitrogens with zero attached hydrogens (tertiary/aromatic N) is 3. The van der Waals surface area contributed by atoms with Crippen molar-refractivity contribution < 1.29 is 19.1 Å². The molecule has 1 saturated carbocycles. The Kier molecular flexibility index (Phi) is 8.81. The molecule has 4 N–H and O–H groups in total. The normalized spacial score (nSPS) is 12.7. The van der Waals surface area contributed by atoms with Crippen LogP contribution in [0, 0.1) is 5.92 Å². The van der Waals surface area contributed by atoms with E-state index in [0.717, 1.165) is 18.4 Å². The molecule has 2 aromatic heterocycles. The number of hydrogen-bond acceptors (Lipinski definition) is 9. The van der Waals surface area contributed by atoms with Gasteiger partial charge < -0.3 is 26.0 Å². The Balaban J connectivity index is 1.41. The molecule has 0 spiro atoms. The summed E-state index contributed by atoms with van der Waals surface area (Å²) in [4.78, 5) is 42.9. The quantitative estimate of drug-likeness (QED) is 0.196. The lowest BCUT2D eigenvalue weighted by atomic mass is 9.49. The summed E-state index contributed by atoms with van der Waals surface area (Å²) >= 11 is 1.20. The van der Waals surface area contributed by atoms with Gasteiger partial charge in [0.15, 0.2) is 17.3 Å². The van der Waals surface area contributed by atoms with E-state index in [1.807, 2.05) is 30.3 Å². The van der Waals surface area contributed by atoms with Gasteiger partial charge in [0.1, 0.15) is 9.88 Å². The summed E-state index contributed by atoms with van der Waals surface area (Å²) in [5.74, 6) is -0.801. The highest BCUT2D eigenvalue weighted by molar-refractivity contribution is 7.17. The van der Waals surface area contributed by atoms with Crippen molar-refractivity contribution in [2.24, 2.45) is 5.92 Å². The number of aromatic nitrogens is 3. The molecule has 0 saturated heterocycles. The highest BCUT2D eigenvalue weighted by Gasteiger charge is 2.30. The third-order valence-electron chi connectivity index (χ3n) is 6.28. The van der Waals surface area contributed by atoms with Crippen molar-refractivity contribution in [3.8, 4) is 16.3 Å². The Bertz CT molecular complexity index is 1660. The van der Waals surface area contributed by atoms with Crippen LogP contribution in [-0.2, 0) is 11.3 Å². The van der Waals surface area contributed by atoms with Crippen molar-refractivity contribution in [2.75, 3.05) is 17.7 Å². The highest BCUT2D eigenvalue weighted by Crippen LogP contribution is 2.40. The number of methoxy groups -OCH3 is 1. The minimum Gasteiger partial charge on any atom is -0.494 e. The Morgan fingerprint density at radius 3 is 2.47 bits per heavy atom. The zero-order valence-corrected chi connectivity index (χ0v) is 23.9. The van der Waals surface area contributed by atoms with Gasteiger partial charge in [0.05, 0.1) is 53.8 Å². The topological polar surface area (TPSA) is 147 Å². The zero-order valence-electron chi connectivity index (χ0n) is 23.1. The molecule has 1 fully saturated rings. The van der Waals surface area contributed by atoms with Crippen LogP contribution in [0.25, 0.3) is 10.6 Å². The van der Waals surface area contributed by atoms with E-state index in [1.165, 1.54) is 30.7 Å². The van der Waals surface area contributed by atoms with Crippen LogP contribution >= 0.6 is 11.3 Å². The monoisotopic (exact) mass is 587 g/mol. The van der Waals surface area contributed by atoms with E-state index in [1.54, 1.807) is 18.2 Å². The molecule has 6 radical (unpaired) electrons. The molecule has 210 valence electrons. The molecule has 1 aliphatic rings. The first-order valence-electron chi connectivity index (χ1n) is 13.2. The number of thiazole rings is 1. The lowest BCUT2D eigenvalue weighted by molar-refractivity contribution is -0.117. The number of nitrogens with one attached hydrogen (secondary N) is 4. The third-order valence-corrected chi connectivity index (χ3v) is 7.31. The van der Waals surface area contributed by atoms with Gasteiger partial charge in [0, 0.05) is 18.5 Å². The number of ether oxygens (including phenoxy) is 1. The largest absolute Gasteiger partial charge is 0.494 e. The molecule has 4 aromatic rings. The number of hydrogen-bond donors (Lipinski definition) is 4. The van der Waals surface area contributed by atoms with Crippen LogP contribution in [0.2, 0.25) is 0 Å². The molecule has 0 unspecified atom stereocenters. The summed E-state index contributed by atoms with van der Waals surface area (Å²) in [5.41, 5.74) is 1.99. The van der Waals surface area contributed by atoms with Crippen molar-refractivity contribution in [3.63, 3.8) is 0 Å². The lowest BCUT2D eigenvalue weighted by Crippen LogP contribution is -2.50. The maximum absolute atomic E-state index is 12.9. The number of carbonyl (C=O) groups excluding carboxylic acids is 3. The van der Waals surface area contributed by atoms with Gasteiger partial charge in [-0.05, 0) is 30.5 Å². The SMILES string of the molecule is [B]C([B])([B])NC(=O)c1nnc(NC(=O)C2CC2)cc1Nc1cccc(-c2ncc(C(=O)NCc3ccccc3)s2)c1OC. The standard InChI is InChI=1S/C28H24B3N7O4S/c1-42-23-17(27-33-14-20(43-27)25(40)32-13-15-6-3-2-4-7-15)8-5-9-18(23)34-19-12-21(35-24(39)16-10-11-16)37-38-22(19)26(41)36-28(29,30)31/h2-9,12,14,16H,10-11,13H2,1H3,(H,32,40)(H,36,41)(H2,34,35,37,39). The number of rotatable bonds is 11. The molecule has 0 bridgehead atoms. The first kappa shape index (κ1) is 29.8. The number of para-hydroxylation sites is 1. The number of amides is 3. The molecule has 1 aliphatic carbocycles. The van der Waals surface area contributed by atoms with Gasteiger partial charge >= 0.3 is 0 Å². The summed E-state index contributed by atoms with van der Waals surface area (Å²) in [7, 11) is 18.2. The van der Waals surface area contributed by atoms with E-state index < -0.39 is 11.1 Å². The van der Waals surface area contributed by atoms with Gasteiger partial charge in [0.25, 0.3) is 11.8 Å². The average molecular weight is 587 g/mol. The third kappa shape index (κ3) is 7.61. The second kappa shape index (κ2) is 12.7. The van der Waals surface area contributed by atoms with E-state index in [9.17, 15) is 14.4 Å². The van der Waals surface area contributed by atoms with Crippen LogP contribution in [0.1, 0.15) is 38.6 Å². The Morgan fingerprint density at radius 2 is 1.77 bits per heavy atom. The predicted molar refractivity (Wildman–Crippen MR) is 166 cm³/mol. The van der Waals surface area contributed by atoms with Crippen molar-refractivity contribution in [1.29, 1.82) is 0 Å². The molecule has 15 heteroatoms. The smallest absolute Gasteiger partial charge is 0.272 e. The second-order valence-electron chi connectivity index (χ2n) is 9.85. The van der Waals surface area contributed by atoms with Crippen LogP contribution in [0.15, 0.2) is 60.8 Å². The summed E-state index contributed by atoms with van der Waals surface area (Å²) in [6.45, 7) is 0.383. The number of benzene rings is 2. The van der Waals surface area contributed by atoms with Crippen LogP contribution in [0.4, 0.5) is 17.2 Å². The molecule has 0 atom stereocenters. The van der Waals surface area contributed by atoms with Gasteiger partial charge in [-0.15, -0.1) is 21.5 Å².